The number of halogens is 2. The Hall–Kier alpha value is -1.71. The Morgan fingerprint density at radius 1 is 1.07 bits per heavy atom. The third kappa shape index (κ3) is 4.63. The summed E-state index contributed by atoms with van der Waals surface area (Å²) in [7, 11) is -3.66. The fourth-order valence-electron chi connectivity index (χ4n) is 3.23. The van der Waals surface area contributed by atoms with Gasteiger partial charge in [0.15, 0.2) is 5.13 Å². The van der Waals surface area contributed by atoms with Crippen LogP contribution in [0.15, 0.2) is 41.3 Å². The van der Waals surface area contributed by atoms with E-state index in [0.29, 0.717) is 20.4 Å². The second-order valence-electron chi connectivity index (χ2n) is 7.25. The van der Waals surface area contributed by atoms with Crippen molar-refractivity contribution in [3.8, 4) is 0 Å². The molecule has 3 rings (SSSR count). The first-order valence-electron chi connectivity index (χ1n) is 9.21. The highest BCUT2D eigenvalue weighted by Gasteiger charge is 2.29. The Morgan fingerprint density at radius 2 is 1.73 bits per heavy atom. The van der Waals surface area contributed by atoms with Gasteiger partial charge in [0.25, 0.3) is 5.91 Å². The standard InChI is InChI=1S/C20H21Cl2N3O3S2/c1-11(2)25(12(3)4)30(27,28)14-6-8-17-18(10-14)29-20(23-17)24-19(26)15-7-5-13(21)9-16(15)22/h5-12H,1-4H3,(H,23,24,26). The Morgan fingerprint density at radius 3 is 2.33 bits per heavy atom. The van der Waals surface area contributed by atoms with E-state index in [9.17, 15) is 13.2 Å². The number of sulfonamides is 1. The molecule has 0 aliphatic rings. The lowest BCUT2D eigenvalue weighted by Gasteiger charge is -2.29. The minimum Gasteiger partial charge on any atom is -0.298 e. The quantitative estimate of drug-likeness (QED) is 0.488. The van der Waals surface area contributed by atoms with Gasteiger partial charge in [-0.25, -0.2) is 13.4 Å². The van der Waals surface area contributed by atoms with Gasteiger partial charge in [-0.05, 0) is 64.1 Å². The number of benzene rings is 2. The van der Waals surface area contributed by atoms with Crippen LogP contribution in [0.25, 0.3) is 10.2 Å². The zero-order valence-corrected chi connectivity index (χ0v) is 20.0. The van der Waals surface area contributed by atoms with E-state index < -0.39 is 15.9 Å². The van der Waals surface area contributed by atoms with Crippen molar-refractivity contribution in [2.45, 2.75) is 44.7 Å². The predicted molar refractivity (Wildman–Crippen MR) is 123 cm³/mol. The molecule has 0 saturated heterocycles. The van der Waals surface area contributed by atoms with Gasteiger partial charge in [-0.2, -0.15) is 4.31 Å². The molecule has 1 heterocycles. The Kier molecular flexibility index (Phi) is 6.74. The first-order valence-corrected chi connectivity index (χ1v) is 12.2. The Balaban J connectivity index is 1.92. The van der Waals surface area contributed by atoms with Gasteiger partial charge in [0.1, 0.15) is 0 Å². The second kappa shape index (κ2) is 8.80. The topological polar surface area (TPSA) is 79.4 Å². The lowest BCUT2D eigenvalue weighted by atomic mass is 10.2. The highest BCUT2D eigenvalue weighted by Crippen LogP contribution is 2.31. The summed E-state index contributed by atoms with van der Waals surface area (Å²) in [6, 6.07) is 9.02. The second-order valence-corrected chi connectivity index (χ2v) is 11.0. The monoisotopic (exact) mass is 485 g/mol. The number of thiazole rings is 1. The molecule has 0 aliphatic carbocycles. The third-order valence-corrected chi connectivity index (χ3v) is 8.08. The van der Waals surface area contributed by atoms with Crippen molar-refractivity contribution in [1.29, 1.82) is 0 Å². The molecule has 0 saturated carbocycles. The minimum absolute atomic E-state index is 0.175. The van der Waals surface area contributed by atoms with Crippen molar-refractivity contribution in [3.63, 3.8) is 0 Å². The molecule has 10 heteroatoms. The van der Waals surface area contributed by atoms with E-state index in [4.69, 9.17) is 23.2 Å². The fourth-order valence-corrected chi connectivity index (χ4v) is 6.56. The molecule has 0 atom stereocenters. The van der Waals surface area contributed by atoms with Crippen LogP contribution >= 0.6 is 34.5 Å². The average Bonchev–Trinajstić information content (AvgIpc) is 3.01. The number of hydrogen-bond acceptors (Lipinski definition) is 5. The summed E-state index contributed by atoms with van der Waals surface area (Å²) in [5.74, 6) is -0.422. The van der Waals surface area contributed by atoms with Crippen molar-refractivity contribution in [1.82, 2.24) is 9.29 Å². The van der Waals surface area contributed by atoms with Gasteiger partial charge in [-0.3, -0.25) is 10.1 Å². The maximum atomic E-state index is 13.1. The number of carbonyl (C=O) groups excluding carboxylic acids is 1. The lowest BCUT2D eigenvalue weighted by Crippen LogP contribution is -2.41. The molecular formula is C20H21Cl2N3O3S2. The highest BCUT2D eigenvalue weighted by atomic mass is 35.5. The highest BCUT2D eigenvalue weighted by molar-refractivity contribution is 7.89. The van der Waals surface area contributed by atoms with E-state index in [1.165, 1.54) is 33.8 Å². The van der Waals surface area contributed by atoms with E-state index >= 15 is 0 Å². The molecule has 0 unspecified atom stereocenters. The summed E-state index contributed by atoms with van der Waals surface area (Å²) < 4.78 is 28.3. The summed E-state index contributed by atoms with van der Waals surface area (Å²) >= 11 is 13.1. The zero-order chi connectivity index (χ0) is 22.2. The van der Waals surface area contributed by atoms with Crippen LogP contribution in [0, 0.1) is 0 Å². The molecule has 30 heavy (non-hydrogen) atoms. The molecule has 1 N–H and O–H groups in total. The molecule has 0 aliphatic heterocycles. The van der Waals surface area contributed by atoms with Crippen LogP contribution in [0.5, 0.6) is 0 Å². The van der Waals surface area contributed by atoms with Crippen molar-refractivity contribution in [2.24, 2.45) is 0 Å². The Bertz CT molecular complexity index is 1200. The van der Waals surface area contributed by atoms with Crippen molar-refractivity contribution < 1.29 is 13.2 Å². The van der Waals surface area contributed by atoms with Crippen molar-refractivity contribution in [2.75, 3.05) is 5.32 Å². The van der Waals surface area contributed by atoms with Crippen LogP contribution in [-0.2, 0) is 10.0 Å². The first-order chi connectivity index (χ1) is 14.0. The third-order valence-electron chi connectivity index (χ3n) is 4.35. The molecule has 0 spiro atoms. The van der Waals surface area contributed by atoms with E-state index in [1.54, 1.807) is 18.2 Å². The van der Waals surface area contributed by atoms with E-state index in [-0.39, 0.29) is 27.6 Å². The van der Waals surface area contributed by atoms with Gasteiger partial charge in [0.2, 0.25) is 10.0 Å². The summed E-state index contributed by atoms with van der Waals surface area (Å²) in [4.78, 5) is 17.1. The number of rotatable bonds is 6. The van der Waals surface area contributed by atoms with Crippen LogP contribution in [0.4, 0.5) is 5.13 Å². The zero-order valence-electron chi connectivity index (χ0n) is 16.8. The largest absolute Gasteiger partial charge is 0.298 e. The smallest absolute Gasteiger partial charge is 0.258 e. The lowest BCUT2D eigenvalue weighted by molar-refractivity contribution is 0.102. The molecule has 3 aromatic rings. The molecule has 160 valence electrons. The van der Waals surface area contributed by atoms with Gasteiger partial charge in [0, 0.05) is 17.1 Å². The molecule has 1 aromatic heterocycles. The number of amides is 1. The molecule has 6 nitrogen and oxygen atoms in total. The van der Waals surface area contributed by atoms with Crippen molar-refractivity contribution >= 4 is 65.8 Å². The number of aromatic nitrogens is 1. The SMILES string of the molecule is CC(C)N(C(C)C)S(=O)(=O)c1ccc2nc(NC(=O)c3ccc(Cl)cc3Cl)sc2c1. The van der Waals surface area contributed by atoms with Gasteiger partial charge in [-0.15, -0.1) is 0 Å². The van der Waals surface area contributed by atoms with Gasteiger partial charge in [0.05, 0.1) is 25.7 Å². The number of nitrogens with zero attached hydrogens (tertiary/aromatic N) is 2. The molecule has 0 bridgehead atoms. The molecule has 0 fully saturated rings. The van der Waals surface area contributed by atoms with Crippen LogP contribution in [0.1, 0.15) is 38.1 Å². The number of anilines is 1. The summed E-state index contributed by atoms with van der Waals surface area (Å²) in [5, 5.41) is 3.72. The van der Waals surface area contributed by atoms with E-state index in [1.807, 2.05) is 27.7 Å². The van der Waals surface area contributed by atoms with Crippen LogP contribution in [0.3, 0.4) is 0 Å². The van der Waals surface area contributed by atoms with E-state index in [2.05, 4.69) is 10.3 Å². The van der Waals surface area contributed by atoms with Crippen LogP contribution in [0.2, 0.25) is 10.0 Å². The normalized spacial score (nSPS) is 12.3. The van der Waals surface area contributed by atoms with Gasteiger partial charge >= 0.3 is 0 Å². The van der Waals surface area contributed by atoms with Crippen LogP contribution in [-0.4, -0.2) is 35.7 Å². The molecule has 1 amide bonds. The Labute approximate surface area is 189 Å². The summed E-state index contributed by atoms with van der Waals surface area (Å²) in [6.07, 6.45) is 0. The van der Waals surface area contributed by atoms with Gasteiger partial charge in [-0.1, -0.05) is 34.5 Å². The maximum Gasteiger partial charge on any atom is 0.258 e. The van der Waals surface area contributed by atoms with Crippen molar-refractivity contribution in [3.05, 3.63) is 52.0 Å². The average molecular weight is 486 g/mol. The number of fused-ring (bicyclic) bond motifs is 1. The first kappa shape index (κ1) is 23.0. The fraction of sp³-hybridized carbons (Fsp3) is 0.300. The molecular weight excluding hydrogens is 465 g/mol. The number of carbonyl (C=O) groups is 1. The maximum absolute atomic E-state index is 13.1. The van der Waals surface area contributed by atoms with Gasteiger partial charge < -0.3 is 0 Å². The van der Waals surface area contributed by atoms with Crippen LogP contribution < -0.4 is 5.32 Å². The molecule has 2 aromatic carbocycles. The molecule has 0 radical (unpaired) electrons. The minimum atomic E-state index is -3.66. The van der Waals surface area contributed by atoms with E-state index in [0.717, 1.165) is 0 Å². The summed E-state index contributed by atoms with van der Waals surface area (Å²) in [6.45, 7) is 7.38. The number of hydrogen-bond donors (Lipinski definition) is 1. The summed E-state index contributed by atoms with van der Waals surface area (Å²) in [5.41, 5.74) is 0.866. The number of nitrogens with one attached hydrogen (secondary N) is 1. The predicted octanol–water partition coefficient (Wildman–Crippen LogP) is 5.66.